The normalized spacial score (nSPS) is 40.0. The SMILES string of the molecule is CC1([C-]=P[CH-]C23CC4CC(CC(C4)C2)C3)CCCCC1.[Cl][V]([Cl])[Cl]. The molecule has 0 heterocycles. The molecule has 0 aromatic rings. The van der Waals surface area contributed by atoms with Crippen LogP contribution in [0.1, 0.15) is 77.6 Å². The van der Waals surface area contributed by atoms with Crippen LogP contribution in [0, 0.1) is 34.7 Å². The first kappa shape index (κ1) is 20.4. The van der Waals surface area contributed by atoms with Crippen LogP contribution in [0.5, 0.6) is 0 Å². The monoisotopic (exact) mass is 444 g/mol. The second-order valence-electron chi connectivity index (χ2n) is 8.96. The van der Waals surface area contributed by atoms with Gasteiger partial charge in [-0.2, -0.15) is 5.41 Å². The Bertz CT molecular complexity index is 408. The van der Waals surface area contributed by atoms with E-state index in [0.717, 1.165) is 17.8 Å². The van der Waals surface area contributed by atoms with E-state index < -0.39 is 12.3 Å². The van der Waals surface area contributed by atoms with Crippen molar-refractivity contribution in [3.05, 3.63) is 6.16 Å². The Balaban J connectivity index is 0.000000383. The van der Waals surface area contributed by atoms with Gasteiger partial charge in [-0.1, -0.05) is 58.3 Å². The van der Waals surface area contributed by atoms with E-state index in [9.17, 15) is 0 Å². The van der Waals surface area contributed by atoms with E-state index in [4.69, 9.17) is 29.5 Å². The van der Waals surface area contributed by atoms with Gasteiger partial charge in [-0.15, -0.1) is 5.41 Å². The van der Waals surface area contributed by atoms with Gasteiger partial charge in [0.15, 0.2) is 0 Å². The molecule has 0 atom stereocenters. The minimum absolute atomic E-state index is 0.429. The second-order valence-corrected chi connectivity index (χ2v) is 16.6. The van der Waals surface area contributed by atoms with E-state index in [2.05, 4.69) is 18.9 Å². The van der Waals surface area contributed by atoms with Gasteiger partial charge >= 0.3 is 41.8 Å². The first-order chi connectivity index (χ1) is 11.4. The predicted octanol–water partition coefficient (Wildman–Crippen LogP) is 8.03. The van der Waals surface area contributed by atoms with E-state index in [1.54, 1.807) is 19.3 Å². The van der Waals surface area contributed by atoms with Crippen molar-refractivity contribution < 1.29 is 12.3 Å². The molecule has 0 saturated heterocycles. The van der Waals surface area contributed by atoms with Crippen molar-refractivity contribution in [1.82, 2.24) is 0 Å². The fourth-order valence-electron chi connectivity index (χ4n) is 6.10. The molecule has 5 fully saturated rings. The maximum atomic E-state index is 4.95. The zero-order chi connectivity index (χ0) is 17.2. The molecule has 0 radical (unpaired) electrons. The third-order valence-corrected chi connectivity index (χ3v) is 8.06. The Morgan fingerprint density at radius 1 is 0.917 bits per heavy atom. The molecule has 0 amide bonds. The summed E-state index contributed by atoms with van der Waals surface area (Å²) >= 11 is -1.77. The molecule has 0 spiro atoms. The Hall–Kier alpha value is 1.62. The van der Waals surface area contributed by atoms with Crippen LogP contribution in [-0.4, -0.2) is 5.80 Å². The van der Waals surface area contributed by atoms with Crippen molar-refractivity contribution >= 4 is 43.5 Å². The van der Waals surface area contributed by atoms with Gasteiger partial charge in [0.25, 0.3) is 0 Å². The molecule has 5 saturated carbocycles. The molecule has 0 aromatic carbocycles. The first-order valence-electron chi connectivity index (χ1n) is 9.47. The molecule has 0 aromatic heterocycles. The summed E-state index contributed by atoms with van der Waals surface area (Å²) in [4.78, 5) is 0. The Morgan fingerprint density at radius 3 is 1.83 bits per heavy atom. The van der Waals surface area contributed by atoms with Gasteiger partial charge < -0.3 is 20.2 Å². The summed E-state index contributed by atoms with van der Waals surface area (Å²) < 4.78 is 0. The van der Waals surface area contributed by atoms with Crippen molar-refractivity contribution in [1.29, 1.82) is 0 Å². The van der Waals surface area contributed by atoms with E-state index in [0.29, 0.717) is 10.8 Å². The van der Waals surface area contributed by atoms with Crippen LogP contribution in [0.4, 0.5) is 0 Å². The molecular weight excluding hydrogens is 416 g/mol. The van der Waals surface area contributed by atoms with Gasteiger partial charge in [-0.3, -0.25) is 0 Å². The molecule has 5 heteroatoms. The summed E-state index contributed by atoms with van der Waals surface area (Å²) in [5.41, 5.74) is 1.06. The second kappa shape index (κ2) is 8.75. The molecule has 5 aliphatic carbocycles. The number of hydrogen-bond acceptors (Lipinski definition) is 0. The van der Waals surface area contributed by atoms with Crippen molar-refractivity contribution in [3.8, 4) is 0 Å². The fourth-order valence-corrected chi connectivity index (χ4v) is 7.29. The topological polar surface area (TPSA) is 0 Å². The minimum atomic E-state index is -1.77. The van der Waals surface area contributed by atoms with Crippen LogP contribution in [0.3, 0.4) is 0 Å². The van der Waals surface area contributed by atoms with E-state index in [1.165, 1.54) is 59.6 Å². The van der Waals surface area contributed by atoms with E-state index in [1.807, 2.05) is 0 Å². The quantitative estimate of drug-likeness (QED) is 0.305. The van der Waals surface area contributed by atoms with Crippen LogP contribution >= 0.6 is 37.7 Å². The van der Waals surface area contributed by atoms with Crippen LogP contribution < -0.4 is 0 Å². The Labute approximate surface area is 167 Å². The standard InChI is InChI=1S/C19H29P.3ClH.V/c1-18(5-3-2-4-6-18)13-20-14-19-10-15-7-16(11-19)9-17(8-15)12-19;;;;/h14-17H,2-12H2,1H3;3*1H;/q-2;;;;+3/p-3. The van der Waals surface area contributed by atoms with Gasteiger partial charge in [0.2, 0.25) is 0 Å². The molecule has 138 valence electrons. The van der Waals surface area contributed by atoms with Crippen molar-refractivity contribution in [2.75, 3.05) is 0 Å². The summed E-state index contributed by atoms with van der Waals surface area (Å²) in [7, 11) is 16.3. The number of hydrogen-bond donors (Lipinski definition) is 0. The summed E-state index contributed by atoms with van der Waals surface area (Å²) in [6, 6.07) is 0. The van der Waals surface area contributed by atoms with Gasteiger partial charge in [0.1, 0.15) is 0 Å². The van der Waals surface area contributed by atoms with E-state index in [-0.39, 0.29) is 0 Å². The van der Waals surface area contributed by atoms with Crippen molar-refractivity contribution in [2.45, 2.75) is 77.6 Å². The van der Waals surface area contributed by atoms with Crippen LogP contribution in [0.2, 0.25) is 0 Å². The van der Waals surface area contributed by atoms with Crippen molar-refractivity contribution in [2.24, 2.45) is 28.6 Å². The first-order valence-corrected chi connectivity index (χ1v) is 16.2. The zero-order valence-electron chi connectivity index (χ0n) is 14.6. The van der Waals surface area contributed by atoms with E-state index >= 15 is 0 Å². The Kier molecular flexibility index (Phi) is 7.43. The van der Waals surface area contributed by atoms with Gasteiger partial charge in [-0.25, -0.2) is 0 Å². The number of halogens is 3. The molecule has 5 rings (SSSR count). The molecule has 0 N–H and O–H groups in total. The molecule has 0 nitrogen and oxygen atoms in total. The zero-order valence-corrected chi connectivity index (χ0v) is 19.2. The van der Waals surface area contributed by atoms with Crippen LogP contribution in [0.25, 0.3) is 0 Å². The summed E-state index contributed by atoms with van der Waals surface area (Å²) in [5.74, 6) is 7.13. The average molecular weight is 446 g/mol. The number of rotatable bonds is 3. The molecule has 0 aliphatic heterocycles. The van der Waals surface area contributed by atoms with Crippen LogP contribution in [0.15, 0.2) is 0 Å². The van der Waals surface area contributed by atoms with Crippen LogP contribution in [-0.2, 0) is 12.3 Å². The average Bonchev–Trinajstić information content (AvgIpc) is 2.45. The van der Waals surface area contributed by atoms with Gasteiger partial charge in [0.05, 0.1) is 0 Å². The molecular formula is C19H29Cl3PV-2. The summed E-state index contributed by atoms with van der Waals surface area (Å²) in [6.07, 6.45) is 19.0. The molecule has 4 bridgehead atoms. The predicted molar refractivity (Wildman–Crippen MR) is 106 cm³/mol. The molecule has 0 unspecified atom stereocenters. The summed E-state index contributed by atoms with van der Waals surface area (Å²) in [5, 5.41) is 0. The summed E-state index contributed by atoms with van der Waals surface area (Å²) in [6.45, 7) is 2.45. The maximum absolute atomic E-state index is 4.95. The third kappa shape index (κ3) is 5.56. The Morgan fingerprint density at radius 2 is 1.38 bits per heavy atom. The van der Waals surface area contributed by atoms with Crippen molar-refractivity contribution in [3.63, 3.8) is 0 Å². The fraction of sp³-hybridized carbons (Fsp3) is 0.895. The van der Waals surface area contributed by atoms with Gasteiger partial charge in [-0.05, 0) is 37.0 Å². The third-order valence-electron chi connectivity index (χ3n) is 6.72. The van der Waals surface area contributed by atoms with Gasteiger partial charge in [0, 0.05) is 0 Å². The molecule has 5 aliphatic rings. The molecule has 24 heavy (non-hydrogen) atoms.